The molecule has 0 radical (unpaired) electrons. The summed E-state index contributed by atoms with van der Waals surface area (Å²) < 4.78 is 1.02. The number of thioether (sulfide) groups is 1. The van der Waals surface area contributed by atoms with E-state index in [0.29, 0.717) is 0 Å². The van der Waals surface area contributed by atoms with Crippen molar-refractivity contribution >= 4 is 45.0 Å². The number of rotatable bonds is 3. The van der Waals surface area contributed by atoms with Gasteiger partial charge in [-0.2, -0.15) is 0 Å². The molecule has 2 rings (SSSR count). The van der Waals surface area contributed by atoms with Gasteiger partial charge in [0.1, 0.15) is 0 Å². The molecule has 0 spiro atoms. The number of nitrogen functional groups attached to an aromatic ring is 1. The lowest BCUT2D eigenvalue weighted by molar-refractivity contribution is 1.37. The molecule has 0 aliphatic heterocycles. The molecule has 0 unspecified atom stereocenters. The number of nitrogens with two attached hydrogens (primary N) is 1. The third-order valence-electron chi connectivity index (χ3n) is 2.20. The van der Waals surface area contributed by atoms with Crippen LogP contribution in [0.5, 0.6) is 0 Å². The van der Waals surface area contributed by atoms with Gasteiger partial charge in [-0.3, -0.25) is 0 Å². The molecule has 0 saturated carbocycles. The molecule has 0 heterocycles. The summed E-state index contributed by atoms with van der Waals surface area (Å²) >= 11 is 11.0. The van der Waals surface area contributed by atoms with Crippen LogP contribution < -0.4 is 5.73 Å². The normalized spacial score (nSPS) is 10.5. The smallest absolute Gasteiger partial charge is 0.0406 e. The van der Waals surface area contributed by atoms with Crippen molar-refractivity contribution in [3.05, 3.63) is 57.5 Å². The first kappa shape index (κ1) is 12.8. The average molecular weight is 329 g/mol. The Morgan fingerprint density at radius 2 is 1.82 bits per heavy atom. The zero-order valence-electron chi connectivity index (χ0n) is 8.99. The molecule has 0 saturated heterocycles. The Labute approximate surface area is 118 Å². The Bertz CT molecular complexity index is 493. The van der Waals surface area contributed by atoms with Crippen molar-refractivity contribution < 1.29 is 0 Å². The minimum atomic E-state index is 0.765. The first-order valence-electron chi connectivity index (χ1n) is 5.07. The summed E-state index contributed by atoms with van der Waals surface area (Å²) in [6.45, 7) is 0. The van der Waals surface area contributed by atoms with Crippen LogP contribution in [0, 0.1) is 0 Å². The number of anilines is 1. The van der Waals surface area contributed by atoms with E-state index in [4.69, 9.17) is 17.3 Å². The standard InChI is InChI=1S/C13H11BrClNS/c14-10-5-9(6-12(16)7-10)8-17-13-3-1-11(15)2-4-13/h1-7H,8,16H2. The monoisotopic (exact) mass is 327 g/mol. The zero-order chi connectivity index (χ0) is 12.3. The van der Waals surface area contributed by atoms with E-state index in [-0.39, 0.29) is 0 Å². The summed E-state index contributed by atoms with van der Waals surface area (Å²) in [7, 11) is 0. The predicted molar refractivity (Wildman–Crippen MR) is 79.6 cm³/mol. The van der Waals surface area contributed by atoms with E-state index in [9.17, 15) is 0 Å². The van der Waals surface area contributed by atoms with Gasteiger partial charge in [0.2, 0.25) is 0 Å². The van der Waals surface area contributed by atoms with E-state index in [1.54, 1.807) is 11.8 Å². The maximum absolute atomic E-state index is 5.84. The molecule has 1 nitrogen and oxygen atoms in total. The highest BCUT2D eigenvalue weighted by molar-refractivity contribution is 9.10. The fourth-order valence-corrected chi connectivity index (χ4v) is 2.97. The van der Waals surface area contributed by atoms with E-state index in [1.165, 1.54) is 10.5 Å². The number of halogens is 2. The molecule has 2 N–H and O–H groups in total. The molecule has 2 aromatic rings. The Morgan fingerprint density at radius 1 is 1.12 bits per heavy atom. The first-order chi connectivity index (χ1) is 8.13. The van der Waals surface area contributed by atoms with Gasteiger partial charge in [0.05, 0.1) is 0 Å². The lowest BCUT2D eigenvalue weighted by Gasteiger charge is -2.04. The Morgan fingerprint density at radius 3 is 2.47 bits per heavy atom. The van der Waals surface area contributed by atoms with E-state index in [2.05, 4.69) is 22.0 Å². The van der Waals surface area contributed by atoms with Crippen LogP contribution in [-0.2, 0) is 5.75 Å². The molecule has 0 aliphatic carbocycles. The number of hydrogen-bond acceptors (Lipinski definition) is 2. The van der Waals surface area contributed by atoms with E-state index < -0.39 is 0 Å². The Kier molecular flexibility index (Phi) is 4.37. The molecule has 0 bridgehead atoms. The topological polar surface area (TPSA) is 26.0 Å². The lowest BCUT2D eigenvalue weighted by Crippen LogP contribution is -1.88. The van der Waals surface area contributed by atoms with Gasteiger partial charge >= 0.3 is 0 Å². The van der Waals surface area contributed by atoms with Crippen LogP contribution in [0.4, 0.5) is 5.69 Å². The van der Waals surface area contributed by atoms with Gasteiger partial charge in [-0.15, -0.1) is 11.8 Å². The second kappa shape index (κ2) is 5.80. The molecule has 88 valence electrons. The molecular formula is C13H11BrClNS. The molecule has 17 heavy (non-hydrogen) atoms. The minimum Gasteiger partial charge on any atom is -0.399 e. The first-order valence-corrected chi connectivity index (χ1v) is 7.22. The van der Waals surface area contributed by atoms with E-state index in [0.717, 1.165) is 20.9 Å². The summed E-state index contributed by atoms with van der Waals surface area (Å²) in [6.07, 6.45) is 0. The largest absolute Gasteiger partial charge is 0.399 e. The van der Waals surface area contributed by atoms with Crippen LogP contribution in [0.15, 0.2) is 51.8 Å². The molecule has 2 aromatic carbocycles. The van der Waals surface area contributed by atoms with E-state index in [1.807, 2.05) is 36.4 Å². The van der Waals surface area contributed by atoms with E-state index >= 15 is 0 Å². The number of hydrogen-bond donors (Lipinski definition) is 1. The van der Waals surface area contributed by atoms with Gasteiger partial charge in [0.15, 0.2) is 0 Å². The molecule has 4 heteroatoms. The van der Waals surface area contributed by atoms with Crippen LogP contribution in [0.1, 0.15) is 5.56 Å². The van der Waals surface area contributed by atoms with Crippen molar-refractivity contribution in [2.24, 2.45) is 0 Å². The van der Waals surface area contributed by atoms with Crippen LogP contribution in [0.2, 0.25) is 5.02 Å². The zero-order valence-corrected chi connectivity index (χ0v) is 12.1. The van der Waals surface area contributed by atoms with Gasteiger partial charge in [-0.05, 0) is 48.0 Å². The molecule has 0 amide bonds. The maximum atomic E-state index is 5.84. The summed E-state index contributed by atoms with van der Waals surface area (Å²) in [6, 6.07) is 13.8. The summed E-state index contributed by atoms with van der Waals surface area (Å²) in [5, 5.41) is 0.765. The predicted octanol–water partition coefficient (Wildman–Crippen LogP) is 4.98. The highest BCUT2D eigenvalue weighted by Crippen LogP contribution is 2.26. The Balaban J connectivity index is 2.04. The molecule has 0 fully saturated rings. The molecule has 0 aromatic heterocycles. The van der Waals surface area contributed by atoms with Crippen molar-refractivity contribution in [3.63, 3.8) is 0 Å². The molecular weight excluding hydrogens is 318 g/mol. The summed E-state index contributed by atoms with van der Waals surface area (Å²) in [5.41, 5.74) is 7.78. The van der Waals surface area contributed by atoms with Gasteiger partial charge in [0.25, 0.3) is 0 Å². The van der Waals surface area contributed by atoms with Crippen LogP contribution >= 0.6 is 39.3 Å². The number of benzene rings is 2. The molecule has 0 aliphatic rings. The summed E-state index contributed by atoms with van der Waals surface area (Å²) in [5.74, 6) is 0.894. The van der Waals surface area contributed by atoms with Crippen molar-refractivity contribution in [2.45, 2.75) is 10.6 Å². The average Bonchev–Trinajstić information content (AvgIpc) is 2.27. The van der Waals surface area contributed by atoms with Gasteiger partial charge in [-0.25, -0.2) is 0 Å². The van der Waals surface area contributed by atoms with Gasteiger partial charge < -0.3 is 5.73 Å². The fraction of sp³-hybridized carbons (Fsp3) is 0.0769. The van der Waals surface area contributed by atoms with Gasteiger partial charge in [0, 0.05) is 25.8 Å². The van der Waals surface area contributed by atoms with Crippen molar-refractivity contribution in [1.82, 2.24) is 0 Å². The lowest BCUT2D eigenvalue weighted by atomic mass is 10.2. The second-order valence-electron chi connectivity index (χ2n) is 3.64. The third kappa shape index (κ3) is 3.95. The fourth-order valence-electron chi connectivity index (χ4n) is 1.46. The molecule has 0 atom stereocenters. The van der Waals surface area contributed by atoms with Crippen molar-refractivity contribution in [2.75, 3.05) is 5.73 Å². The second-order valence-corrected chi connectivity index (χ2v) is 6.04. The third-order valence-corrected chi connectivity index (χ3v) is 3.99. The van der Waals surface area contributed by atoms with Crippen LogP contribution in [0.25, 0.3) is 0 Å². The summed E-state index contributed by atoms with van der Waals surface area (Å²) in [4.78, 5) is 1.20. The highest BCUT2D eigenvalue weighted by Gasteiger charge is 1.99. The van der Waals surface area contributed by atoms with Crippen LogP contribution in [0.3, 0.4) is 0 Å². The van der Waals surface area contributed by atoms with Crippen molar-refractivity contribution in [1.29, 1.82) is 0 Å². The Hall–Kier alpha value is -0.640. The van der Waals surface area contributed by atoms with Gasteiger partial charge in [-0.1, -0.05) is 27.5 Å². The minimum absolute atomic E-state index is 0.765. The highest BCUT2D eigenvalue weighted by atomic mass is 79.9. The maximum Gasteiger partial charge on any atom is 0.0406 e. The van der Waals surface area contributed by atoms with Crippen molar-refractivity contribution in [3.8, 4) is 0 Å². The quantitative estimate of drug-likeness (QED) is 0.635. The van der Waals surface area contributed by atoms with Crippen LogP contribution in [-0.4, -0.2) is 0 Å². The SMILES string of the molecule is Nc1cc(Br)cc(CSc2ccc(Cl)cc2)c1.